The Morgan fingerprint density at radius 2 is 2.19 bits per heavy atom. The molecular formula is C12H16BrNO2. The Bertz CT molecular complexity index is 359. The third-order valence-electron chi connectivity index (χ3n) is 2.98. The third-order valence-corrected chi connectivity index (χ3v) is 3.75. The lowest BCUT2D eigenvalue weighted by Gasteiger charge is -2.41. The van der Waals surface area contributed by atoms with Gasteiger partial charge in [0.25, 0.3) is 0 Å². The van der Waals surface area contributed by atoms with E-state index in [1.807, 2.05) is 24.3 Å². The van der Waals surface area contributed by atoms with Crippen molar-refractivity contribution in [2.45, 2.75) is 31.3 Å². The van der Waals surface area contributed by atoms with Crippen LogP contribution in [0.1, 0.15) is 12.0 Å². The van der Waals surface area contributed by atoms with Crippen LogP contribution in [0.2, 0.25) is 0 Å². The molecular weight excluding hydrogens is 270 g/mol. The van der Waals surface area contributed by atoms with Gasteiger partial charge in [-0.25, -0.2) is 0 Å². The summed E-state index contributed by atoms with van der Waals surface area (Å²) in [5.41, 5.74) is 6.96. The minimum atomic E-state index is 0.0440. The number of methoxy groups -OCH3 is 1. The first-order valence-electron chi connectivity index (χ1n) is 5.35. The molecule has 3 unspecified atom stereocenters. The van der Waals surface area contributed by atoms with E-state index in [4.69, 9.17) is 15.2 Å². The summed E-state index contributed by atoms with van der Waals surface area (Å²) in [4.78, 5) is 0. The molecule has 1 aliphatic carbocycles. The molecule has 4 heteroatoms. The molecule has 3 atom stereocenters. The molecule has 0 saturated heterocycles. The minimum absolute atomic E-state index is 0.0440. The second-order valence-corrected chi connectivity index (χ2v) is 4.90. The summed E-state index contributed by atoms with van der Waals surface area (Å²) >= 11 is 3.49. The SMILES string of the molecule is COC1C(N)CC1OCc1ccccc1Br. The molecule has 2 rings (SSSR count). The Kier molecular flexibility index (Phi) is 3.97. The molecule has 88 valence electrons. The molecule has 1 aromatic carbocycles. The fraction of sp³-hybridized carbons (Fsp3) is 0.500. The number of ether oxygens (including phenoxy) is 2. The summed E-state index contributed by atoms with van der Waals surface area (Å²) < 4.78 is 12.1. The quantitative estimate of drug-likeness (QED) is 0.921. The number of halogens is 1. The lowest BCUT2D eigenvalue weighted by molar-refractivity contribution is -0.131. The van der Waals surface area contributed by atoms with Crippen LogP contribution < -0.4 is 5.73 Å². The van der Waals surface area contributed by atoms with Gasteiger partial charge in [0.2, 0.25) is 0 Å². The van der Waals surface area contributed by atoms with Crippen LogP contribution in [0.15, 0.2) is 28.7 Å². The number of rotatable bonds is 4. The largest absolute Gasteiger partial charge is 0.377 e. The number of benzene rings is 1. The molecule has 16 heavy (non-hydrogen) atoms. The maximum Gasteiger partial charge on any atom is 0.0984 e. The van der Waals surface area contributed by atoms with Crippen molar-refractivity contribution in [2.75, 3.05) is 7.11 Å². The Labute approximate surface area is 104 Å². The van der Waals surface area contributed by atoms with Crippen LogP contribution in [-0.4, -0.2) is 25.4 Å². The predicted molar refractivity (Wildman–Crippen MR) is 66.1 cm³/mol. The molecule has 0 aromatic heterocycles. The Hall–Kier alpha value is -0.420. The van der Waals surface area contributed by atoms with Crippen LogP contribution in [0.5, 0.6) is 0 Å². The molecule has 0 heterocycles. The monoisotopic (exact) mass is 285 g/mol. The highest BCUT2D eigenvalue weighted by Gasteiger charge is 2.39. The van der Waals surface area contributed by atoms with Gasteiger partial charge in [-0.2, -0.15) is 0 Å². The van der Waals surface area contributed by atoms with E-state index in [1.165, 1.54) is 0 Å². The minimum Gasteiger partial charge on any atom is -0.377 e. The van der Waals surface area contributed by atoms with E-state index in [-0.39, 0.29) is 18.2 Å². The van der Waals surface area contributed by atoms with Crippen molar-refractivity contribution in [3.05, 3.63) is 34.3 Å². The van der Waals surface area contributed by atoms with Crippen LogP contribution in [-0.2, 0) is 16.1 Å². The summed E-state index contributed by atoms with van der Waals surface area (Å²) in [6, 6.07) is 8.17. The highest BCUT2D eigenvalue weighted by molar-refractivity contribution is 9.10. The van der Waals surface area contributed by atoms with Gasteiger partial charge in [0.05, 0.1) is 18.8 Å². The van der Waals surface area contributed by atoms with E-state index < -0.39 is 0 Å². The summed E-state index contributed by atoms with van der Waals surface area (Å²) in [7, 11) is 1.68. The van der Waals surface area contributed by atoms with Gasteiger partial charge >= 0.3 is 0 Å². The molecule has 0 radical (unpaired) electrons. The number of hydrogen-bond acceptors (Lipinski definition) is 3. The number of hydrogen-bond donors (Lipinski definition) is 1. The van der Waals surface area contributed by atoms with Crippen molar-refractivity contribution in [1.82, 2.24) is 0 Å². The van der Waals surface area contributed by atoms with Gasteiger partial charge in [-0.05, 0) is 18.1 Å². The van der Waals surface area contributed by atoms with E-state index in [1.54, 1.807) is 7.11 Å². The summed E-state index contributed by atoms with van der Waals surface area (Å²) in [5, 5.41) is 0. The lowest BCUT2D eigenvalue weighted by atomic mass is 9.86. The van der Waals surface area contributed by atoms with Gasteiger partial charge in [0.15, 0.2) is 0 Å². The normalized spacial score (nSPS) is 28.8. The van der Waals surface area contributed by atoms with Crippen molar-refractivity contribution in [3.63, 3.8) is 0 Å². The maximum absolute atomic E-state index is 5.81. The summed E-state index contributed by atoms with van der Waals surface area (Å²) in [5.74, 6) is 0. The van der Waals surface area contributed by atoms with Crippen molar-refractivity contribution in [1.29, 1.82) is 0 Å². The van der Waals surface area contributed by atoms with Crippen LogP contribution in [0, 0.1) is 0 Å². The Morgan fingerprint density at radius 1 is 1.44 bits per heavy atom. The molecule has 1 fully saturated rings. The predicted octanol–water partition coefficient (Wildman–Crippen LogP) is 2.08. The topological polar surface area (TPSA) is 44.5 Å². The molecule has 1 aliphatic rings. The standard InChI is InChI=1S/C12H16BrNO2/c1-15-12-10(14)6-11(12)16-7-8-4-2-3-5-9(8)13/h2-5,10-12H,6-7,14H2,1H3. The van der Waals surface area contributed by atoms with E-state index >= 15 is 0 Å². The fourth-order valence-corrected chi connectivity index (χ4v) is 2.32. The first kappa shape index (κ1) is 12.0. The molecule has 0 spiro atoms. The highest BCUT2D eigenvalue weighted by Crippen LogP contribution is 2.27. The zero-order valence-corrected chi connectivity index (χ0v) is 10.8. The zero-order valence-electron chi connectivity index (χ0n) is 9.23. The van der Waals surface area contributed by atoms with Gasteiger partial charge in [-0.3, -0.25) is 0 Å². The average Bonchev–Trinajstić information content (AvgIpc) is 2.26. The fourth-order valence-electron chi connectivity index (χ4n) is 1.92. The van der Waals surface area contributed by atoms with E-state index in [0.29, 0.717) is 6.61 Å². The molecule has 1 saturated carbocycles. The van der Waals surface area contributed by atoms with Crippen LogP contribution in [0.3, 0.4) is 0 Å². The van der Waals surface area contributed by atoms with Gasteiger partial charge in [-0.1, -0.05) is 34.1 Å². The van der Waals surface area contributed by atoms with E-state index in [9.17, 15) is 0 Å². The molecule has 0 aliphatic heterocycles. The maximum atomic E-state index is 5.81. The summed E-state index contributed by atoms with van der Waals surface area (Å²) in [6.07, 6.45) is 1.05. The second-order valence-electron chi connectivity index (χ2n) is 4.04. The summed E-state index contributed by atoms with van der Waals surface area (Å²) in [6.45, 7) is 0.596. The van der Waals surface area contributed by atoms with Crippen LogP contribution >= 0.6 is 15.9 Å². The highest BCUT2D eigenvalue weighted by atomic mass is 79.9. The van der Waals surface area contributed by atoms with Crippen molar-refractivity contribution < 1.29 is 9.47 Å². The van der Waals surface area contributed by atoms with Gasteiger partial charge in [0.1, 0.15) is 0 Å². The molecule has 1 aromatic rings. The van der Waals surface area contributed by atoms with Crippen molar-refractivity contribution >= 4 is 15.9 Å². The van der Waals surface area contributed by atoms with Crippen LogP contribution in [0.4, 0.5) is 0 Å². The molecule has 0 bridgehead atoms. The van der Waals surface area contributed by atoms with E-state index in [2.05, 4.69) is 15.9 Å². The van der Waals surface area contributed by atoms with Gasteiger partial charge in [-0.15, -0.1) is 0 Å². The molecule has 3 nitrogen and oxygen atoms in total. The second kappa shape index (κ2) is 5.27. The van der Waals surface area contributed by atoms with Crippen molar-refractivity contribution in [3.8, 4) is 0 Å². The third kappa shape index (κ3) is 2.46. The lowest BCUT2D eigenvalue weighted by Crippen LogP contribution is -2.57. The average molecular weight is 286 g/mol. The van der Waals surface area contributed by atoms with Gasteiger partial charge in [0, 0.05) is 17.6 Å². The smallest absolute Gasteiger partial charge is 0.0984 e. The Morgan fingerprint density at radius 3 is 2.81 bits per heavy atom. The first-order chi connectivity index (χ1) is 7.72. The van der Waals surface area contributed by atoms with Crippen molar-refractivity contribution in [2.24, 2.45) is 5.73 Å². The van der Waals surface area contributed by atoms with Gasteiger partial charge < -0.3 is 15.2 Å². The first-order valence-corrected chi connectivity index (χ1v) is 6.15. The Balaban J connectivity index is 1.87. The van der Waals surface area contributed by atoms with Crippen LogP contribution in [0.25, 0.3) is 0 Å². The van der Waals surface area contributed by atoms with E-state index in [0.717, 1.165) is 16.5 Å². The molecule has 0 amide bonds. The number of nitrogens with two attached hydrogens (primary N) is 1. The zero-order chi connectivity index (χ0) is 11.5. The molecule has 2 N–H and O–H groups in total.